The molecule has 0 radical (unpaired) electrons. The van der Waals surface area contributed by atoms with Crippen LogP contribution in [-0.4, -0.2) is 11.9 Å². The number of benzene rings is 2. The summed E-state index contributed by atoms with van der Waals surface area (Å²) in [5, 5.41) is 23.0. The van der Waals surface area contributed by atoms with Gasteiger partial charge in [-0.15, -0.1) is 0 Å². The van der Waals surface area contributed by atoms with Gasteiger partial charge in [0.25, 0.3) is 0 Å². The molecule has 0 unspecified atom stereocenters. The van der Waals surface area contributed by atoms with Crippen LogP contribution in [0.1, 0.15) is 26.3 Å². The number of aryl methyl sites for hydroxylation is 1. The summed E-state index contributed by atoms with van der Waals surface area (Å²) in [4.78, 5) is 21.7. The van der Waals surface area contributed by atoms with Crippen LogP contribution < -0.4 is 69.3 Å². The van der Waals surface area contributed by atoms with E-state index in [1.807, 2.05) is 13.0 Å². The second-order valence-corrected chi connectivity index (χ2v) is 3.82. The van der Waals surface area contributed by atoms with Crippen LogP contribution >= 0.6 is 0 Å². The number of hydrogen-bond acceptors (Lipinski definition) is 4. The fraction of sp³-hybridized carbons (Fsp3) is 0.0769. The predicted octanol–water partition coefficient (Wildman–Crippen LogP) is -6.12. The first-order valence-corrected chi connectivity index (χ1v) is 4.96. The smallest absolute Gasteiger partial charge is 0.545 e. The van der Waals surface area contributed by atoms with Crippen LogP contribution in [0.25, 0.3) is 10.8 Å². The molecule has 0 N–H and O–H groups in total. The minimum Gasteiger partial charge on any atom is -0.545 e. The van der Waals surface area contributed by atoms with Crippen molar-refractivity contribution < 1.29 is 78.9 Å². The van der Waals surface area contributed by atoms with E-state index in [1.54, 1.807) is 12.1 Å². The van der Waals surface area contributed by atoms with Crippen LogP contribution in [0.4, 0.5) is 0 Å². The maximum atomic E-state index is 10.9. The standard InChI is InChI=1S/C13H10O4.2Na/c1-7-2-3-8-5-10(12(14)15)11(13(16)17)6-9(8)4-7;;/h2-6H,1H3,(H,14,15)(H,16,17);;/q;2*+1/p-2. The quantitative estimate of drug-likeness (QED) is 0.510. The molecule has 0 heterocycles. The number of rotatable bonds is 2. The van der Waals surface area contributed by atoms with Crippen molar-refractivity contribution in [2.45, 2.75) is 6.92 Å². The van der Waals surface area contributed by atoms with E-state index in [0.717, 1.165) is 5.56 Å². The summed E-state index contributed by atoms with van der Waals surface area (Å²) in [7, 11) is 0. The molecule has 4 nitrogen and oxygen atoms in total. The third-order valence-corrected chi connectivity index (χ3v) is 2.57. The number of aromatic carboxylic acids is 2. The molecule has 2 aromatic carbocycles. The topological polar surface area (TPSA) is 80.3 Å². The van der Waals surface area contributed by atoms with Crippen LogP contribution in [0.2, 0.25) is 0 Å². The van der Waals surface area contributed by atoms with Crippen molar-refractivity contribution in [2.24, 2.45) is 0 Å². The fourth-order valence-corrected chi connectivity index (χ4v) is 1.75. The minimum absolute atomic E-state index is 0. The molecule has 6 heteroatoms. The molecule has 0 saturated heterocycles. The number of carbonyl (C=O) groups is 2. The van der Waals surface area contributed by atoms with Crippen molar-refractivity contribution in [1.29, 1.82) is 0 Å². The Kier molecular flexibility index (Phi) is 7.29. The normalized spacial score (nSPS) is 9.32. The zero-order valence-corrected chi connectivity index (χ0v) is 15.0. The average molecular weight is 274 g/mol. The first-order chi connectivity index (χ1) is 7.99. The number of carboxylic acid groups (broad SMARTS) is 2. The Morgan fingerprint density at radius 3 is 1.79 bits per heavy atom. The molecule has 86 valence electrons. The Bertz CT molecular complexity index is 638. The summed E-state index contributed by atoms with van der Waals surface area (Å²) in [6.07, 6.45) is 0. The molecule has 0 aliphatic heterocycles. The molecule has 2 rings (SSSR count). The molecule has 0 saturated carbocycles. The van der Waals surface area contributed by atoms with Crippen molar-refractivity contribution in [1.82, 2.24) is 0 Å². The van der Waals surface area contributed by atoms with Crippen molar-refractivity contribution in [3.05, 3.63) is 47.0 Å². The summed E-state index contributed by atoms with van der Waals surface area (Å²) >= 11 is 0. The third kappa shape index (κ3) is 4.05. The van der Waals surface area contributed by atoms with E-state index in [0.29, 0.717) is 10.8 Å². The average Bonchev–Trinajstić information content (AvgIpc) is 2.26. The number of hydrogen-bond donors (Lipinski definition) is 0. The van der Waals surface area contributed by atoms with Gasteiger partial charge in [0.2, 0.25) is 0 Å². The molecule has 0 bridgehead atoms. The van der Waals surface area contributed by atoms with Crippen LogP contribution in [0.15, 0.2) is 30.3 Å². The minimum atomic E-state index is -1.52. The zero-order valence-electron chi connectivity index (χ0n) is 11.0. The van der Waals surface area contributed by atoms with Gasteiger partial charge in [-0.05, 0) is 29.8 Å². The van der Waals surface area contributed by atoms with Gasteiger partial charge in [0, 0.05) is 11.1 Å². The first kappa shape index (κ1) is 18.6. The molecule has 0 aromatic heterocycles. The fourth-order valence-electron chi connectivity index (χ4n) is 1.75. The van der Waals surface area contributed by atoms with Crippen molar-refractivity contribution in [3.63, 3.8) is 0 Å². The van der Waals surface area contributed by atoms with E-state index in [-0.39, 0.29) is 70.2 Å². The third-order valence-electron chi connectivity index (χ3n) is 2.57. The maximum absolute atomic E-state index is 10.9. The van der Waals surface area contributed by atoms with Gasteiger partial charge in [-0.3, -0.25) is 0 Å². The summed E-state index contributed by atoms with van der Waals surface area (Å²) in [6, 6.07) is 7.91. The Balaban J connectivity index is 0.00000162. The van der Waals surface area contributed by atoms with E-state index >= 15 is 0 Å². The van der Waals surface area contributed by atoms with E-state index < -0.39 is 11.9 Å². The van der Waals surface area contributed by atoms with Gasteiger partial charge in [0.05, 0.1) is 11.9 Å². The van der Waals surface area contributed by atoms with Gasteiger partial charge in [0.15, 0.2) is 0 Å². The monoisotopic (exact) mass is 274 g/mol. The maximum Gasteiger partial charge on any atom is 1.00 e. The van der Waals surface area contributed by atoms with Crippen LogP contribution in [0, 0.1) is 6.92 Å². The van der Waals surface area contributed by atoms with Gasteiger partial charge < -0.3 is 19.8 Å². The zero-order chi connectivity index (χ0) is 12.6. The molecule has 0 aliphatic rings. The van der Waals surface area contributed by atoms with E-state index in [1.165, 1.54) is 12.1 Å². The van der Waals surface area contributed by atoms with Crippen molar-refractivity contribution >= 4 is 22.7 Å². The number of carbonyl (C=O) groups excluding carboxylic acids is 2. The Morgan fingerprint density at radius 1 is 0.842 bits per heavy atom. The van der Waals surface area contributed by atoms with Gasteiger partial charge in [-0.1, -0.05) is 23.8 Å². The van der Waals surface area contributed by atoms with Crippen LogP contribution in [0.3, 0.4) is 0 Å². The summed E-state index contributed by atoms with van der Waals surface area (Å²) in [6.45, 7) is 1.87. The largest absolute Gasteiger partial charge is 1.00 e. The predicted molar refractivity (Wildman–Crippen MR) is 57.3 cm³/mol. The number of fused-ring (bicyclic) bond motifs is 1. The van der Waals surface area contributed by atoms with E-state index in [4.69, 9.17) is 0 Å². The Morgan fingerprint density at radius 2 is 1.32 bits per heavy atom. The first-order valence-electron chi connectivity index (χ1n) is 4.96. The van der Waals surface area contributed by atoms with Crippen LogP contribution in [0.5, 0.6) is 0 Å². The van der Waals surface area contributed by atoms with Crippen molar-refractivity contribution in [3.8, 4) is 0 Å². The van der Waals surface area contributed by atoms with Crippen molar-refractivity contribution in [2.75, 3.05) is 0 Å². The van der Waals surface area contributed by atoms with Gasteiger partial charge in [0.1, 0.15) is 0 Å². The summed E-state index contributed by atoms with van der Waals surface area (Å²) < 4.78 is 0. The SMILES string of the molecule is Cc1ccc2cc(C(=O)[O-])c(C(=O)[O-])cc2c1.[Na+].[Na+]. The summed E-state index contributed by atoms with van der Waals surface area (Å²) in [5.74, 6) is -3.04. The second kappa shape index (κ2) is 7.43. The van der Waals surface area contributed by atoms with Gasteiger partial charge >= 0.3 is 59.1 Å². The Hall–Kier alpha value is -0.360. The molecule has 0 fully saturated rings. The van der Waals surface area contributed by atoms with E-state index in [2.05, 4.69) is 0 Å². The van der Waals surface area contributed by atoms with Gasteiger partial charge in [-0.25, -0.2) is 0 Å². The van der Waals surface area contributed by atoms with Crippen LogP contribution in [-0.2, 0) is 0 Å². The molecule has 0 spiro atoms. The second-order valence-electron chi connectivity index (χ2n) is 3.82. The molecule has 0 amide bonds. The molecular formula is C13H8Na2O4. The number of carboxylic acids is 2. The Labute approximate surface area is 154 Å². The van der Waals surface area contributed by atoms with Gasteiger partial charge in [-0.2, -0.15) is 0 Å². The molecule has 2 aromatic rings. The summed E-state index contributed by atoms with van der Waals surface area (Å²) in [5.41, 5.74) is 0.243. The van der Waals surface area contributed by atoms with E-state index in [9.17, 15) is 19.8 Å². The molecule has 19 heavy (non-hydrogen) atoms. The molecule has 0 aliphatic carbocycles. The molecule has 0 atom stereocenters. The molecular weight excluding hydrogens is 266 g/mol.